The molecule has 0 bridgehead atoms. The van der Waals surface area contributed by atoms with Crippen molar-refractivity contribution < 1.29 is 28.7 Å². The molecule has 0 aromatic heterocycles. The van der Waals surface area contributed by atoms with Gasteiger partial charge in [0.15, 0.2) is 12.4 Å². The molecule has 1 heterocycles. The van der Waals surface area contributed by atoms with Gasteiger partial charge in [-0.25, -0.2) is 4.79 Å². The number of ketones is 1. The molecule has 0 saturated heterocycles. The molecule has 35 heavy (non-hydrogen) atoms. The molecule has 4 rings (SSSR count). The summed E-state index contributed by atoms with van der Waals surface area (Å²) < 4.78 is 5.07. The zero-order valence-electron chi connectivity index (χ0n) is 19.1. The van der Waals surface area contributed by atoms with Gasteiger partial charge in [0, 0.05) is 11.3 Å². The third-order valence-electron chi connectivity index (χ3n) is 5.73. The fraction of sp³-hybridized carbons (Fsp3) is 0.148. The zero-order valence-corrected chi connectivity index (χ0v) is 19.1. The number of rotatable bonds is 7. The highest BCUT2D eigenvalue weighted by atomic mass is 16.5. The van der Waals surface area contributed by atoms with Crippen molar-refractivity contribution >= 4 is 35.2 Å². The highest BCUT2D eigenvalue weighted by Crippen LogP contribution is 2.31. The zero-order chi connectivity index (χ0) is 25.1. The van der Waals surface area contributed by atoms with E-state index in [2.05, 4.69) is 5.32 Å². The van der Waals surface area contributed by atoms with Crippen LogP contribution >= 0.6 is 0 Å². The second-order valence-electron chi connectivity index (χ2n) is 8.09. The summed E-state index contributed by atoms with van der Waals surface area (Å²) >= 11 is 0. The number of imide groups is 1. The first kappa shape index (κ1) is 23.6. The van der Waals surface area contributed by atoms with Gasteiger partial charge in [0.2, 0.25) is 0 Å². The minimum Gasteiger partial charge on any atom is -0.452 e. The lowest BCUT2D eigenvalue weighted by Crippen LogP contribution is -2.32. The second kappa shape index (κ2) is 9.72. The summed E-state index contributed by atoms with van der Waals surface area (Å²) in [4.78, 5) is 63.0. The molecular formula is C27H22N2O6. The van der Waals surface area contributed by atoms with Crippen LogP contribution in [0.1, 0.15) is 66.9 Å². The molecule has 0 radical (unpaired) electrons. The number of hydrogen-bond donors (Lipinski definition) is 1. The molecule has 0 unspecified atom stereocenters. The highest BCUT2D eigenvalue weighted by Gasteiger charge is 2.39. The first-order valence-electron chi connectivity index (χ1n) is 10.9. The van der Waals surface area contributed by atoms with Gasteiger partial charge in [-0.15, -0.1) is 0 Å². The molecular weight excluding hydrogens is 448 g/mol. The Morgan fingerprint density at radius 2 is 1.49 bits per heavy atom. The normalized spacial score (nSPS) is 13.3. The molecule has 0 aliphatic carbocycles. The molecule has 1 aliphatic rings. The van der Waals surface area contributed by atoms with Crippen molar-refractivity contribution in [3.05, 3.63) is 101 Å². The third-order valence-corrected chi connectivity index (χ3v) is 5.73. The molecule has 1 aliphatic heterocycles. The van der Waals surface area contributed by atoms with Gasteiger partial charge in [0.25, 0.3) is 17.7 Å². The van der Waals surface area contributed by atoms with Crippen LogP contribution in [0, 0.1) is 0 Å². The maximum absolute atomic E-state index is 13.0. The van der Waals surface area contributed by atoms with Crippen LogP contribution in [0.4, 0.5) is 5.69 Å². The van der Waals surface area contributed by atoms with E-state index in [0.29, 0.717) is 11.3 Å². The molecule has 8 nitrogen and oxygen atoms in total. The molecule has 3 aromatic carbocycles. The number of carbonyl (C=O) groups is 5. The molecule has 1 atom stereocenters. The first-order valence-corrected chi connectivity index (χ1v) is 10.9. The van der Waals surface area contributed by atoms with Crippen LogP contribution in [0.25, 0.3) is 0 Å². The monoisotopic (exact) mass is 470 g/mol. The Balaban J connectivity index is 1.40. The Kier molecular flexibility index (Phi) is 6.55. The van der Waals surface area contributed by atoms with E-state index in [1.165, 1.54) is 30.0 Å². The van der Waals surface area contributed by atoms with E-state index in [-0.39, 0.29) is 22.5 Å². The van der Waals surface area contributed by atoms with E-state index >= 15 is 0 Å². The van der Waals surface area contributed by atoms with Crippen LogP contribution in [-0.2, 0) is 9.53 Å². The van der Waals surface area contributed by atoms with Gasteiger partial charge in [-0.1, -0.05) is 30.3 Å². The fourth-order valence-corrected chi connectivity index (χ4v) is 3.82. The summed E-state index contributed by atoms with van der Waals surface area (Å²) in [7, 11) is 0. The summed E-state index contributed by atoms with van der Waals surface area (Å²) in [5.74, 6) is -2.39. The van der Waals surface area contributed by atoms with E-state index in [1.54, 1.807) is 31.2 Å². The number of ether oxygens (including phenoxy) is 1. The smallest absolute Gasteiger partial charge is 0.338 e. The Labute approximate surface area is 201 Å². The lowest BCUT2D eigenvalue weighted by molar-refractivity contribution is -0.119. The lowest BCUT2D eigenvalue weighted by atomic mass is 10.1. The number of nitrogens with zero attached hydrogens (tertiary/aromatic N) is 1. The van der Waals surface area contributed by atoms with Crippen molar-refractivity contribution in [1.82, 2.24) is 4.90 Å². The molecule has 176 valence electrons. The van der Waals surface area contributed by atoms with Crippen molar-refractivity contribution in [3.63, 3.8) is 0 Å². The van der Waals surface area contributed by atoms with E-state index in [9.17, 15) is 24.0 Å². The standard InChI is InChI=1S/C27H22N2O6/c1-16(18-6-4-3-5-7-18)29-25(32)22-13-10-20(14-23(22)26(29)33)27(34)35-15-24(31)28-21-11-8-19(9-12-21)17(2)30/h3-14,16H,15H2,1-2H3,(H,28,31)/t16-/m1/s1. The van der Waals surface area contributed by atoms with Crippen LogP contribution in [0.5, 0.6) is 0 Å². The third kappa shape index (κ3) is 4.86. The molecule has 0 fully saturated rings. The summed E-state index contributed by atoms with van der Waals surface area (Å²) in [5.41, 5.74) is 2.14. The largest absolute Gasteiger partial charge is 0.452 e. The van der Waals surface area contributed by atoms with Gasteiger partial charge in [-0.3, -0.25) is 24.1 Å². The quantitative estimate of drug-likeness (QED) is 0.317. The topological polar surface area (TPSA) is 110 Å². The van der Waals surface area contributed by atoms with Crippen LogP contribution < -0.4 is 5.32 Å². The predicted molar refractivity (Wildman–Crippen MR) is 127 cm³/mol. The summed E-state index contributed by atoms with van der Waals surface area (Å²) in [6.07, 6.45) is 0. The van der Waals surface area contributed by atoms with Gasteiger partial charge in [-0.05, 0) is 61.9 Å². The number of carbonyl (C=O) groups excluding carboxylic acids is 5. The first-order chi connectivity index (χ1) is 16.8. The number of hydrogen-bond acceptors (Lipinski definition) is 6. The minimum atomic E-state index is -0.801. The Morgan fingerprint density at radius 3 is 2.14 bits per heavy atom. The number of Topliss-reactive ketones (excluding diaryl/α,β-unsaturated/α-hetero) is 1. The predicted octanol–water partition coefficient (Wildman–Crippen LogP) is 4.04. The number of fused-ring (bicyclic) bond motifs is 1. The number of amides is 3. The average Bonchev–Trinajstić information content (AvgIpc) is 3.12. The van der Waals surface area contributed by atoms with E-state index in [1.807, 2.05) is 30.3 Å². The molecule has 0 spiro atoms. The van der Waals surface area contributed by atoms with Crippen molar-refractivity contribution in [2.75, 3.05) is 11.9 Å². The van der Waals surface area contributed by atoms with Crippen LogP contribution in [0.15, 0.2) is 72.8 Å². The fourth-order valence-electron chi connectivity index (χ4n) is 3.82. The lowest BCUT2D eigenvalue weighted by Gasteiger charge is -2.22. The molecule has 1 N–H and O–H groups in total. The van der Waals surface area contributed by atoms with Crippen molar-refractivity contribution in [1.29, 1.82) is 0 Å². The molecule has 0 saturated carbocycles. The van der Waals surface area contributed by atoms with Gasteiger partial charge < -0.3 is 10.1 Å². The van der Waals surface area contributed by atoms with E-state index in [0.717, 1.165) is 5.56 Å². The Hall–Kier alpha value is -4.59. The molecule has 3 amide bonds. The minimum absolute atomic E-state index is 0.0534. The maximum atomic E-state index is 13.0. The van der Waals surface area contributed by atoms with E-state index < -0.39 is 36.3 Å². The van der Waals surface area contributed by atoms with Crippen LogP contribution in [0.2, 0.25) is 0 Å². The van der Waals surface area contributed by atoms with Gasteiger partial charge >= 0.3 is 5.97 Å². The average molecular weight is 470 g/mol. The van der Waals surface area contributed by atoms with E-state index in [4.69, 9.17) is 4.74 Å². The maximum Gasteiger partial charge on any atom is 0.338 e. The number of esters is 1. The second-order valence-corrected chi connectivity index (χ2v) is 8.09. The Morgan fingerprint density at radius 1 is 0.857 bits per heavy atom. The Bertz CT molecular complexity index is 1330. The summed E-state index contributed by atoms with van der Waals surface area (Å²) in [5, 5.41) is 2.57. The number of benzene rings is 3. The van der Waals surface area contributed by atoms with Gasteiger partial charge in [0.1, 0.15) is 0 Å². The van der Waals surface area contributed by atoms with Gasteiger partial charge in [0.05, 0.1) is 22.7 Å². The van der Waals surface area contributed by atoms with Gasteiger partial charge in [-0.2, -0.15) is 0 Å². The SMILES string of the molecule is CC(=O)c1ccc(NC(=O)COC(=O)c2ccc3c(c2)C(=O)N([C@H](C)c2ccccc2)C3=O)cc1. The highest BCUT2D eigenvalue weighted by molar-refractivity contribution is 6.22. The molecule has 8 heteroatoms. The molecule has 3 aromatic rings. The summed E-state index contributed by atoms with van der Waals surface area (Å²) in [6, 6.07) is 19.1. The van der Waals surface area contributed by atoms with Crippen molar-refractivity contribution in [2.45, 2.75) is 19.9 Å². The van der Waals surface area contributed by atoms with Crippen molar-refractivity contribution in [3.8, 4) is 0 Å². The van der Waals surface area contributed by atoms with Crippen LogP contribution in [0.3, 0.4) is 0 Å². The van der Waals surface area contributed by atoms with Crippen molar-refractivity contribution in [2.24, 2.45) is 0 Å². The summed E-state index contributed by atoms with van der Waals surface area (Å²) in [6.45, 7) is 2.66. The van der Waals surface area contributed by atoms with Crippen LogP contribution in [-0.4, -0.2) is 41.0 Å². The number of nitrogens with one attached hydrogen (secondary N) is 1. The number of anilines is 1.